The first kappa shape index (κ1) is 17.2. The number of ether oxygens (including phenoxy) is 1. The fraction of sp³-hybridized carbons (Fsp3) is 0.105. The molecule has 7 nitrogen and oxygen atoms in total. The summed E-state index contributed by atoms with van der Waals surface area (Å²) in [6, 6.07) is 14.1. The normalized spacial score (nSPS) is 13.6. The number of carbonyl (C=O) groups excluding carboxylic acids is 4. The molecule has 0 bridgehead atoms. The van der Waals surface area contributed by atoms with E-state index < -0.39 is 29.3 Å². The van der Waals surface area contributed by atoms with Crippen LogP contribution in [0.25, 0.3) is 0 Å². The summed E-state index contributed by atoms with van der Waals surface area (Å²) in [5.74, 6) is -3.14. The van der Waals surface area contributed by atoms with Crippen molar-refractivity contribution in [1.29, 1.82) is 0 Å². The minimum absolute atomic E-state index is 0.0159. The van der Waals surface area contributed by atoms with Gasteiger partial charge in [0.2, 0.25) is 11.5 Å². The molecule has 7 heteroatoms. The van der Waals surface area contributed by atoms with Crippen LogP contribution in [-0.2, 0) is 9.53 Å². The molecule has 26 heavy (non-hydrogen) atoms. The van der Waals surface area contributed by atoms with Crippen molar-refractivity contribution in [3.05, 3.63) is 71.3 Å². The lowest BCUT2D eigenvalue weighted by atomic mass is 10.1. The largest absolute Gasteiger partial charge is 0.461 e. The maximum absolute atomic E-state index is 12.7. The molecule has 0 radical (unpaired) electrons. The van der Waals surface area contributed by atoms with Crippen LogP contribution in [0.5, 0.6) is 0 Å². The van der Waals surface area contributed by atoms with Gasteiger partial charge < -0.3 is 4.74 Å². The number of benzene rings is 2. The molecule has 0 saturated heterocycles. The average Bonchev–Trinajstić information content (AvgIpc) is 2.91. The molecule has 1 heterocycles. The monoisotopic (exact) mass is 350 g/mol. The van der Waals surface area contributed by atoms with Crippen LogP contribution in [0.1, 0.15) is 38.0 Å². The highest BCUT2D eigenvalue weighted by Crippen LogP contribution is 2.23. The maximum atomic E-state index is 12.7. The highest BCUT2D eigenvalue weighted by Gasteiger charge is 2.37. The summed E-state index contributed by atoms with van der Waals surface area (Å²) in [5, 5.41) is 4.30. The van der Waals surface area contributed by atoms with Gasteiger partial charge in [-0.3, -0.25) is 14.4 Å². The molecule has 130 valence electrons. The Morgan fingerprint density at radius 1 is 0.923 bits per heavy atom. The Balaban J connectivity index is 2.03. The summed E-state index contributed by atoms with van der Waals surface area (Å²) in [4.78, 5) is 49.7. The first-order valence-electron chi connectivity index (χ1n) is 7.88. The topological polar surface area (TPSA) is 93.1 Å². The SMILES string of the molecule is CCOC(=O)/C(=N/N1C(=O)c2ccccc2C1=O)C(=O)c1ccccc1. The Bertz CT molecular complexity index is 899. The molecule has 1 aliphatic heterocycles. The van der Waals surface area contributed by atoms with Gasteiger partial charge in [0.1, 0.15) is 0 Å². The molecule has 0 fully saturated rings. The van der Waals surface area contributed by atoms with Crippen molar-refractivity contribution in [3.63, 3.8) is 0 Å². The van der Waals surface area contributed by atoms with Crippen LogP contribution in [0, 0.1) is 0 Å². The van der Waals surface area contributed by atoms with Crippen LogP contribution < -0.4 is 0 Å². The summed E-state index contributed by atoms with van der Waals surface area (Å²) >= 11 is 0. The van der Waals surface area contributed by atoms with Gasteiger partial charge in [-0.15, -0.1) is 0 Å². The number of amides is 2. The van der Waals surface area contributed by atoms with E-state index in [2.05, 4.69) is 5.10 Å². The van der Waals surface area contributed by atoms with Gasteiger partial charge in [0.15, 0.2) is 0 Å². The first-order chi connectivity index (χ1) is 12.5. The Labute approximate surface area is 148 Å². The summed E-state index contributed by atoms with van der Waals surface area (Å²) in [7, 11) is 0. The van der Waals surface area contributed by atoms with Crippen LogP contribution in [0.15, 0.2) is 59.7 Å². The number of rotatable bonds is 5. The number of hydrogen-bond acceptors (Lipinski definition) is 6. The van der Waals surface area contributed by atoms with E-state index in [-0.39, 0.29) is 23.3 Å². The standard InChI is InChI=1S/C19H14N2O5/c1-2-26-19(25)15(16(22)12-8-4-3-5-9-12)20-21-17(23)13-10-6-7-11-14(13)18(21)24/h3-11H,2H2,1H3/b20-15+. The zero-order valence-electron chi connectivity index (χ0n) is 13.8. The molecule has 0 unspecified atom stereocenters. The molecule has 0 N–H and O–H groups in total. The summed E-state index contributed by atoms with van der Waals surface area (Å²) in [6.07, 6.45) is 0. The minimum Gasteiger partial charge on any atom is -0.461 e. The smallest absolute Gasteiger partial charge is 0.362 e. The maximum Gasteiger partial charge on any atom is 0.362 e. The zero-order valence-corrected chi connectivity index (χ0v) is 13.8. The Morgan fingerprint density at radius 3 is 2.00 bits per heavy atom. The number of Topliss-reactive ketones (excluding diaryl/α,β-unsaturated/α-hetero) is 1. The molecular weight excluding hydrogens is 336 g/mol. The summed E-state index contributed by atoms with van der Waals surface area (Å²) in [5.41, 5.74) is -0.114. The van der Waals surface area contributed by atoms with Gasteiger partial charge in [-0.25, -0.2) is 4.79 Å². The van der Waals surface area contributed by atoms with Crippen LogP contribution in [0.2, 0.25) is 0 Å². The van der Waals surface area contributed by atoms with Crippen molar-refractivity contribution in [3.8, 4) is 0 Å². The number of fused-ring (bicyclic) bond motifs is 1. The molecule has 2 amide bonds. The van der Waals surface area contributed by atoms with Crippen molar-refractivity contribution < 1.29 is 23.9 Å². The van der Waals surface area contributed by atoms with Crippen molar-refractivity contribution in [2.24, 2.45) is 5.10 Å². The highest BCUT2D eigenvalue weighted by molar-refractivity contribution is 6.67. The Hall–Kier alpha value is -3.61. The summed E-state index contributed by atoms with van der Waals surface area (Å²) < 4.78 is 4.86. The first-order valence-corrected chi connectivity index (χ1v) is 7.88. The fourth-order valence-electron chi connectivity index (χ4n) is 2.47. The van der Waals surface area contributed by atoms with Gasteiger partial charge in [-0.05, 0) is 19.1 Å². The second kappa shape index (κ2) is 7.10. The number of esters is 1. The second-order valence-corrected chi connectivity index (χ2v) is 5.33. The van der Waals surface area contributed by atoms with Gasteiger partial charge >= 0.3 is 5.97 Å². The van der Waals surface area contributed by atoms with E-state index in [4.69, 9.17) is 4.74 Å². The molecule has 0 atom stereocenters. The number of imide groups is 1. The second-order valence-electron chi connectivity index (χ2n) is 5.33. The molecule has 3 rings (SSSR count). The van der Waals surface area contributed by atoms with E-state index in [9.17, 15) is 19.2 Å². The molecule has 2 aromatic rings. The quantitative estimate of drug-likeness (QED) is 0.271. The molecule has 0 spiro atoms. The van der Waals surface area contributed by atoms with Crippen molar-refractivity contribution in [2.75, 3.05) is 6.61 Å². The average molecular weight is 350 g/mol. The summed E-state index contributed by atoms with van der Waals surface area (Å²) in [6.45, 7) is 1.59. The number of hydrazone groups is 1. The highest BCUT2D eigenvalue weighted by atomic mass is 16.5. The third-order valence-corrected chi connectivity index (χ3v) is 3.69. The van der Waals surface area contributed by atoms with Crippen LogP contribution in [-0.4, -0.2) is 40.9 Å². The van der Waals surface area contributed by atoms with Crippen LogP contribution in [0.3, 0.4) is 0 Å². The third kappa shape index (κ3) is 3.02. The van der Waals surface area contributed by atoms with Crippen molar-refractivity contribution in [2.45, 2.75) is 6.92 Å². The van der Waals surface area contributed by atoms with E-state index in [0.29, 0.717) is 5.01 Å². The number of ketones is 1. The minimum atomic E-state index is -1.00. The van der Waals surface area contributed by atoms with E-state index >= 15 is 0 Å². The Morgan fingerprint density at radius 2 is 1.46 bits per heavy atom. The fourth-order valence-corrected chi connectivity index (χ4v) is 2.47. The van der Waals surface area contributed by atoms with E-state index in [1.807, 2.05) is 0 Å². The number of nitrogens with zero attached hydrogens (tertiary/aromatic N) is 2. The van der Waals surface area contributed by atoms with Gasteiger partial charge in [0, 0.05) is 5.56 Å². The van der Waals surface area contributed by atoms with Gasteiger partial charge in [-0.1, -0.05) is 42.5 Å². The lowest BCUT2D eigenvalue weighted by Crippen LogP contribution is -2.33. The van der Waals surface area contributed by atoms with Gasteiger partial charge in [-0.2, -0.15) is 10.1 Å². The van der Waals surface area contributed by atoms with E-state index in [1.165, 1.54) is 24.3 Å². The molecule has 0 aromatic heterocycles. The van der Waals surface area contributed by atoms with Crippen LogP contribution in [0.4, 0.5) is 0 Å². The number of carbonyl (C=O) groups is 4. The molecule has 2 aromatic carbocycles. The molecule has 1 aliphatic rings. The van der Waals surface area contributed by atoms with Crippen LogP contribution >= 0.6 is 0 Å². The van der Waals surface area contributed by atoms with Gasteiger partial charge in [0.05, 0.1) is 17.7 Å². The predicted octanol–water partition coefficient (Wildman–Crippen LogP) is 2.08. The number of hydrogen-bond donors (Lipinski definition) is 0. The Kier molecular flexibility index (Phi) is 4.70. The zero-order chi connectivity index (χ0) is 18.7. The van der Waals surface area contributed by atoms with Crippen molar-refractivity contribution in [1.82, 2.24) is 5.01 Å². The molecular formula is C19H14N2O5. The van der Waals surface area contributed by atoms with Crippen molar-refractivity contribution >= 4 is 29.3 Å². The molecule has 0 saturated carbocycles. The van der Waals surface area contributed by atoms with Gasteiger partial charge in [0.25, 0.3) is 11.8 Å². The predicted molar refractivity (Wildman–Crippen MR) is 91.8 cm³/mol. The lowest BCUT2D eigenvalue weighted by Gasteiger charge is -2.10. The molecule has 0 aliphatic carbocycles. The lowest BCUT2D eigenvalue weighted by molar-refractivity contribution is -0.134. The third-order valence-electron chi connectivity index (χ3n) is 3.69. The van der Waals surface area contributed by atoms with E-state index in [0.717, 1.165) is 0 Å². The van der Waals surface area contributed by atoms with E-state index in [1.54, 1.807) is 37.3 Å².